The van der Waals surface area contributed by atoms with Crippen molar-refractivity contribution in [2.75, 3.05) is 0 Å². The Balaban J connectivity index is 1.85. The Kier molecular flexibility index (Phi) is 2.91. The molecular formula is C20H18N2O. The molecule has 0 fully saturated rings. The van der Waals surface area contributed by atoms with Crippen LogP contribution in [-0.4, -0.2) is 14.9 Å². The first-order valence-electron chi connectivity index (χ1n) is 7.70. The van der Waals surface area contributed by atoms with Crippen molar-refractivity contribution in [3.8, 4) is 0 Å². The molecule has 0 aliphatic heterocycles. The lowest BCUT2D eigenvalue weighted by atomic mass is 10.1. The van der Waals surface area contributed by atoms with Crippen molar-refractivity contribution in [2.24, 2.45) is 14.1 Å². The van der Waals surface area contributed by atoms with Crippen LogP contribution in [0.25, 0.3) is 21.8 Å². The van der Waals surface area contributed by atoms with Gasteiger partial charge in [0.15, 0.2) is 0 Å². The molecular weight excluding hydrogens is 284 g/mol. The third kappa shape index (κ3) is 2.08. The second-order valence-electron chi connectivity index (χ2n) is 6.18. The molecule has 0 N–H and O–H groups in total. The van der Waals surface area contributed by atoms with Gasteiger partial charge in [-0.1, -0.05) is 11.6 Å². The van der Waals surface area contributed by atoms with Crippen LogP contribution in [0.15, 0.2) is 54.7 Å². The van der Waals surface area contributed by atoms with E-state index in [0.29, 0.717) is 0 Å². The van der Waals surface area contributed by atoms with Gasteiger partial charge in [0.1, 0.15) is 0 Å². The van der Waals surface area contributed by atoms with Crippen molar-refractivity contribution in [2.45, 2.75) is 6.92 Å². The van der Waals surface area contributed by atoms with Gasteiger partial charge in [-0.25, -0.2) is 0 Å². The number of benzene rings is 2. The Hall–Kier alpha value is -2.81. The Morgan fingerprint density at radius 3 is 2.48 bits per heavy atom. The Bertz CT molecular complexity index is 1070. The van der Waals surface area contributed by atoms with E-state index in [2.05, 4.69) is 29.7 Å². The SMILES string of the molecule is Cc1ccc2c(c1)cc(C(=O)c1ccc3c(ccn3C)c1)n2C. The molecule has 0 radical (unpaired) electrons. The van der Waals surface area contributed by atoms with E-state index in [9.17, 15) is 4.79 Å². The molecule has 0 amide bonds. The number of aryl methyl sites for hydroxylation is 3. The largest absolute Gasteiger partial charge is 0.351 e. The fourth-order valence-electron chi connectivity index (χ4n) is 3.26. The highest BCUT2D eigenvalue weighted by molar-refractivity contribution is 6.11. The summed E-state index contributed by atoms with van der Waals surface area (Å²) in [7, 11) is 3.96. The molecule has 0 spiro atoms. The topological polar surface area (TPSA) is 26.9 Å². The number of hydrogen-bond donors (Lipinski definition) is 0. The molecule has 4 rings (SSSR count). The van der Waals surface area contributed by atoms with Crippen LogP contribution < -0.4 is 0 Å². The first-order chi connectivity index (χ1) is 11.0. The first-order valence-corrected chi connectivity index (χ1v) is 7.70. The monoisotopic (exact) mass is 302 g/mol. The molecule has 2 heterocycles. The fraction of sp³-hybridized carbons (Fsp3) is 0.150. The zero-order chi connectivity index (χ0) is 16.1. The summed E-state index contributed by atoms with van der Waals surface area (Å²) in [5.41, 5.74) is 4.87. The average molecular weight is 302 g/mol. The fourth-order valence-corrected chi connectivity index (χ4v) is 3.26. The van der Waals surface area contributed by atoms with Crippen LogP contribution in [0.5, 0.6) is 0 Å². The van der Waals surface area contributed by atoms with Gasteiger partial charge in [0.2, 0.25) is 5.78 Å². The molecule has 114 valence electrons. The Morgan fingerprint density at radius 1 is 0.870 bits per heavy atom. The highest BCUT2D eigenvalue weighted by atomic mass is 16.1. The lowest BCUT2D eigenvalue weighted by molar-refractivity contribution is 0.103. The van der Waals surface area contributed by atoms with Crippen molar-refractivity contribution in [3.63, 3.8) is 0 Å². The third-order valence-electron chi connectivity index (χ3n) is 4.58. The number of carbonyl (C=O) groups is 1. The number of carbonyl (C=O) groups excluding carboxylic acids is 1. The summed E-state index contributed by atoms with van der Waals surface area (Å²) in [6, 6.07) is 16.2. The van der Waals surface area contributed by atoms with Gasteiger partial charge in [-0.3, -0.25) is 4.79 Å². The number of nitrogens with zero attached hydrogens (tertiary/aromatic N) is 2. The van der Waals surface area contributed by atoms with Crippen LogP contribution in [-0.2, 0) is 14.1 Å². The van der Waals surface area contributed by atoms with E-state index in [0.717, 1.165) is 33.1 Å². The van der Waals surface area contributed by atoms with Crippen molar-refractivity contribution in [3.05, 3.63) is 71.5 Å². The Morgan fingerprint density at radius 2 is 1.65 bits per heavy atom. The number of aromatic nitrogens is 2. The molecule has 3 heteroatoms. The zero-order valence-electron chi connectivity index (χ0n) is 13.5. The summed E-state index contributed by atoms with van der Waals surface area (Å²) in [5, 5.41) is 2.20. The molecule has 23 heavy (non-hydrogen) atoms. The molecule has 4 aromatic rings. The molecule has 0 atom stereocenters. The van der Waals surface area contributed by atoms with Gasteiger partial charge >= 0.3 is 0 Å². The normalized spacial score (nSPS) is 11.4. The predicted molar refractivity (Wildman–Crippen MR) is 94.0 cm³/mol. The molecule has 0 aliphatic carbocycles. The van der Waals surface area contributed by atoms with E-state index in [-0.39, 0.29) is 5.78 Å². The van der Waals surface area contributed by atoms with Crippen molar-refractivity contribution in [1.29, 1.82) is 0 Å². The van der Waals surface area contributed by atoms with Crippen LogP contribution in [0.2, 0.25) is 0 Å². The second-order valence-corrected chi connectivity index (χ2v) is 6.18. The molecule has 0 aliphatic rings. The molecule has 0 unspecified atom stereocenters. The zero-order valence-corrected chi connectivity index (χ0v) is 13.5. The highest BCUT2D eigenvalue weighted by Gasteiger charge is 2.16. The quantitative estimate of drug-likeness (QED) is 0.510. The summed E-state index contributed by atoms with van der Waals surface area (Å²) in [5.74, 6) is 0.0621. The lowest BCUT2D eigenvalue weighted by Gasteiger charge is -2.05. The molecule has 0 bridgehead atoms. The van der Waals surface area contributed by atoms with Crippen molar-refractivity contribution >= 4 is 27.6 Å². The van der Waals surface area contributed by atoms with E-state index >= 15 is 0 Å². The van der Waals surface area contributed by atoms with Crippen molar-refractivity contribution in [1.82, 2.24) is 9.13 Å². The summed E-state index contributed by atoms with van der Waals surface area (Å²) in [6.45, 7) is 2.07. The van der Waals surface area contributed by atoms with Crippen LogP contribution in [0.1, 0.15) is 21.6 Å². The summed E-state index contributed by atoms with van der Waals surface area (Å²) >= 11 is 0. The second kappa shape index (κ2) is 4.85. The Labute approximate surface area is 134 Å². The van der Waals surface area contributed by atoms with Crippen LogP contribution >= 0.6 is 0 Å². The number of hydrogen-bond acceptors (Lipinski definition) is 1. The highest BCUT2D eigenvalue weighted by Crippen LogP contribution is 2.24. The van der Waals surface area contributed by atoms with E-state index in [1.807, 2.05) is 55.2 Å². The maximum atomic E-state index is 12.9. The lowest BCUT2D eigenvalue weighted by Crippen LogP contribution is -2.07. The van der Waals surface area contributed by atoms with Crippen LogP contribution in [0.3, 0.4) is 0 Å². The summed E-state index contributed by atoms with van der Waals surface area (Å²) in [6.07, 6.45) is 2.01. The number of ketones is 1. The van der Waals surface area contributed by atoms with Crippen LogP contribution in [0, 0.1) is 6.92 Å². The van der Waals surface area contributed by atoms with Gasteiger partial charge in [-0.15, -0.1) is 0 Å². The average Bonchev–Trinajstić information content (AvgIpc) is 3.07. The smallest absolute Gasteiger partial charge is 0.209 e. The summed E-state index contributed by atoms with van der Waals surface area (Å²) in [4.78, 5) is 12.9. The van der Waals surface area contributed by atoms with Crippen molar-refractivity contribution < 1.29 is 4.79 Å². The van der Waals surface area contributed by atoms with Gasteiger partial charge in [-0.2, -0.15) is 0 Å². The van der Waals surface area contributed by atoms with E-state index in [4.69, 9.17) is 0 Å². The third-order valence-corrected chi connectivity index (χ3v) is 4.58. The van der Waals surface area contributed by atoms with Gasteiger partial charge in [-0.05, 0) is 49.4 Å². The minimum absolute atomic E-state index is 0.0621. The number of fused-ring (bicyclic) bond motifs is 2. The molecule has 0 saturated carbocycles. The minimum Gasteiger partial charge on any atom is -0.351 e. The van der Waals surface area contributed by atoms with Gasteiger partial charge < -0.3 is 9.13 Å². The first kappa shape index (κ1) is 13.8. The van der Waals surface area contributed by atoms with Gasteiger partial charge in [0, 0.05) is 47.7 Å². The summed E-state index contributed by atoms with van der Waals surface area (Å²) < 4.78 is 4.04. The predicted octanol–water partition coefficient (Wildman–Crippen LogP) is 4.21. The van der Waals surface area contributed by atoms with E-state index in [1.165, 1.54) is 5.56 Å². The molecule has 0 saturated heterocycles. The molecule has 3 nitrogen and oxygen atoms in total. The molecule has 2 aromatic carbocycles. The number of rotatable bonds is 2. The van der Waals surface area contributed by atoms with Crippen LogP contribution in [0.4, 0.5) is 0 Å². The maximum Gasteiger partial charge on any atom is 0.209 e. The molecule has 2 aromatic heterocycles. The standard InChI is InChI=1S/C20H18N2O/c1-13-4-6-18-16(10-13)12-19(22(18)3)20(23)15-5-7-17-14(11-15)8-9-21(17)2/h4-12H,1-3H3. The van der Waals surface area contributed by atoms with Gasteiger partial charge in [0.25, 0.3) is 0 Å². The maximum absolute atomic E-state index is 12.9. The minimum atomic E-state index is 0.0621. The van der Waals surface area contributed by atoms with E-state index in [1.54, 1.807) is 0 Å². The van der Waals surface area contributed by atoms with Gasteiger partial charge in [0.05, 0.1) is 5.69 Å². The van der Waals surface area contributed by atoms with E-state index < -0.39 is 0 Å².